The highest BCUT2D eigenvalue weighted by atomic mass is 32.2. The van der Waals surface area contributed by atoms with Gasteiger partial charge < -0.3 is 0 Å². The molecule has 1 aromatic heterocycles. The number of benzene rings is 2. The van der Waals surface area contributed by atoms with Crippen molar-refractivity contribution in [2.24, 2.45) is 0 Å². The molecular formula is C17H15FN4O2S. The molecule has 3 rings (SSSR count). The van der Waals surface area contributed by atoms with Gasteiger partial charge in [-0.2, -0.15) is 4.68 Å². The number of tetrazole rings is 1. The number of halogens is 1. The molecule has 2 aromatic carbocycles. The van der Waals surface area contributed by atoms with Gasteiger partial charge in [-0.25, -0.2) is 4.39 Å². The molecule has 0 N–H and O–H groups in total. The van der Waals surface area contributed by atoms with Crippen LogP contribution >= 0.6 is 0 Å². The van der Waals surface area contributed by atoms with E-state index in [1.807, 2.05) is 30.3 Å². The summed E-state index contributed by atoms with van der Waals surface area (Å²) < 4.78 is 26.7. The quantitative estimate of drug-likeness (QED) is 0.607. The van der Waals surface area contributed by atoms with Crippen molar-refractivity contribution in [1.29, 1.82) is 0 Å². The smallest absolute Gasteiger partial charge is 0.244 e. The third-order valence-electron chi connectivity index (χ3n) is 3.55. The van der Waals surface area contributed by atoms with Gasteiger partial charge in [0, 0.05) is 17.7 Å². The molecule has 1 atom stereocenters. The van der Waals surface area contributed by atoms with Crippen LogP contribution in [-0.2, 0) is 10.8 Å². The Hall–Kier alpha value is -2.74. The summed E-state index contributed by atoms with van der Waals surface area (Å²) in [6.07, 6.45) is 0.648. The Morgan fingerprint density at radius 2 is 1.80 bits per heavy atom. The normalized spacial score (nSPS) is 12.0. The molecule has 8 heteroatoms. The Labute approximate surface area is 146 Å². The van der Waals surface area contributed by atoms with E-state index in [1.165, 1.54) is 28.9 Å². The molecule has 1 heterocycles. The standard InChI is InChI=1S/C17H15FN4O2S/c18-14-10-8-13(9-11-14)16(23)7-4-12-25(24)17-19-20-21-22(17)15-5-2-1-3-6-15/h1-3,5-6,8-11H,4,7,12H2. The summed E-state index contributed by atoms with van der Waals surface area (Å²) in [6.45, 7) is 0. The average Bonchev–Trinajstić information content (AvgIpc) is 3.13. The molecule has 0 amide bonds. The van der Waals surface area contributed by atoms with Gasteiger partial charge in [0.05, 0.1) is 16.5 Å². The number of rotatable bonds is 7. The zero-order chi connectivity index (χ0) is 17.6. The van der Waals surface area contributed by atoms with Gasteiger partial charge in [0.2, 0.25) is 5.16 Å². The Kier molecular flexibility index (Phi) is 5.39. The van der Waals surface area contributed by atoms with E-state index in [1.54, 1.807) is 0 Å². The molecule has 0 aliphatic carbocycles. The number of para-hydroxylation sites is 1. The van der Waals surface area contributed by atoms with Gasteiger partial charge in [-0.3, -0.25) is 9.00 Å². The summed E-state index contributed by atoms with van der Waals surface area (Å²) in [4.78, 5) is 12.0. The van der Waals surface area contributed by atoms with Crippen molar-refractivity contribution >= 4 is 16.6 Å². The molecule has 0 saturated heterocycles. The number of nitrogens with zero attached hydrogens (tertiary/aromatic N) is 4. The lowest BCUT2D eigenvalue weighted by Gasteiger charge is -2.04. The summed E-state index contributed by atoms with van der Waals surface area (Å²) in [6, 6.07) is 14.6. The molecule has 0 aliphatic rings. The van der Waals surface area contributed by atoms with Crippen molar-refractivity contribution in [2.45, 2.75) is 18.0 Å². The molecule has 3 aromatic rings. The number of carbonyl (C=O) groups is 1. The average molecular weight is 358 g/mol. The Morgan fingerprint density at radius 1 is 1.08 bits per heavy atom. The van der Waals surface area contributed by atoms with Crippen molar-refractivity contribution in [3.8, 4) is 5.69 Å². The molecule has 1 unspecified atom stereocenters. The van der Waals surface area contributed by atoms with Crippen LogP contribution in [-0.4, -0.2) is 36.0 Å². The molecule has 25 heavy (non-hydrogen) atoms. The molecule has 0 aliphatic heterocycles. The molecule has 0 saturated carbocycles. The Bertz CT molecular complexity index is 881. The fraction of sp³-hybridized carbons (Fsp3) is 0.176. The first kappa shape index (κ1) is 17.1. The van der Waals surface area contributed by atoms with Gasteiger partial charge in [0.15, 0.2) is 5.78 Å². The van der Waals surface area contributed by atoms with Gasteiger partial charge >= 0.3 is 0 Å². The van der Waals surface area contributed by atoms with E-state index in [2.05, 4.69) is 15.5 Å². The fourth-order valence-corrected chi connectivity index (χ4v) is 3.34. The van der Waals surface area contributed by atoms with Crippen molar-refractivity contribution in [3.05, 3.63) is 66.0 Å². The highest BCUT2D eigenvalue weighted by molar-refractivity contribution is 7.84. The lowest BCUT2D eigenvalue weighted by molar-refractivity contribution is 0.0982. The van der Waals surface area contributed by atoms with Gasteiger partial charge in [0.25, 0.3) is 0 Å². The first-order valence-electron chi connectivity index (χ1n) is 7.66. The summed E-state index contributed by atoms with van der Waals surface area (Å²) >= 11 is 0. The second-order valence-electron chi connectivity index (χ2n) is 5.29. The number of aromatic nitrogens is 4. The zero-order valence-electron chi connectivity index (χ0n) is 13.2. The van der Waals surface area contributed by atoms with Crippen LogP contribution in [0.3, 0.4) is 0 Å². The summed E-state index contributed by atoms with van der Waals surface area (Å²) in [7, 11) is -1.43. The summed E-state index contributed by atoms with van der Waals surface area (Å²) in [5.41, 5.74) is 1.17. The van der Waals surface area contributed by atoms with E-state index < -0.39 is 10.8 Å². The van der Waals surface area contributed by atoms with Crippen molar-refractivity contribution in [2.75, 3.05) is 5.75 Å². The van der Waals surface area contributed by atoms with E-state index in [-0.39, 0.29) is 28.9 Å². The van der Waals surface area contributed by atoms with Crippen molar-refractivity contribution < 1.29 is 13.4 Å². The SMILES string of the molecule is O=C(CCCS(=O)c1nnnn1-c1ccccc1)c1ccc(F)cc1. The molecule has 0 radical (unpaired) electrons. The van der Waals surface area contributed by atoms with E-state index >= 15 is 0 Å². The van der Waals surface area contributed by atoms with Gasteiger partial charge in [-0.05, 0) is 53.2 Å². The van der Waals surface area contributed by atoms with E-state index in [4.69, 9.17) is 0 Å². The van der Waals surface area contributed by atoms with Gasteiger partial charge in [-0.15, -0.1) is 0 Å². The number of Topliss-reactive ketones (excluding diaryl/α,β-unsaturated/α-hetero) is 1. The molecule has 0 fully saturated rings. The maximum atomic E-state index is 12.9. The Morgan fingerprint density at radius 3 is 2.52 bits per heavy atom. The van der Waals surface area contributed by atoms with Crippen LogP contribution < -0.4 is 0 Å². The molecule has 6 nitrogen and oxygen atoms in total. The third-order valence-corrected chi connectivity index (χ3v) is 4.87. The molecule has 128 valence electrons. The number of ketones is 1. The van der Waals surface area contributed by atoms with E-state index in [0.717, 1.165) is 5.69 Å². The molecule has 0 bridgehead atoms. The largest absolute Gasteiger partial charge is 0.294 e. The highest BCUT2D eigenvalue weighted by Crippen LogP contribution is 2.12. The van der Waals surface area contributed by atoms with Crippen molar-refractivity contribution in [3.63, 3.8) is 0 Å². The van der Waals surface area contributed by atoms with Crippen molar-refractivity contribution in [1.82, 2.24) is 20.2 Å². The summed E-state index contributed by atoms with van der Waals surface area (Å²) in [5.74, 6) is -0.231. The minimum absolute atomic E-state index is 0.111. The van der Waals surface area contributed by atoms with Crippen LogP contribution in [0.15, 0.2) is 59.8 Å². The predicted octanol–water partition coefficient (Wildman–Crippen LogP) is 2.57. The van der Waals surface area contributed by atoms with Gasteiger partial charge in [0.1, 0.15) is 5.82 Å². The molecule has 0 spiro atoms. The fourth-order valence-electron chi connectivity index (χ4n) is 2.29. The van der Waals surface area contributed by atoms with Crippen LogP contribution in [0.2, 0.25) is 0 Å². The topological polar surface area (TPSA) is 77.7 Å². The van der Waals surface area contributed by atoms with E-state index in [0.29, 0.717) is 12.0 Å². The van der Waals surface area contributed by atoms with Crippen LogP contribution in [0.1, 0.15) is 23.2 Å². The maximum absolute atomic E-state index is 12.9. The lowest BCUT2D eigenvalue weighted by atomic mass is 10.1. The number of hydrogen-bond acceptors (Lipinski definition) is 5. The van der Waals surface area contributed by atoms with E-state index in [9.17, 15) is 13.4 Å². The lowest BCUT2D eigenvalue weighted by Crippen LogP contribution is -2.09. The first-order valence-corrected chi connectivity index (χ1v) is 8.98. The minimum Gasteiger partial charge on any atom is -0.294 e. The second kappa shape index (κ2) is 7.89. The number of carbonyl (C=O) groups excluding carboxylic acids is 1. The van der Waals surface area contributed by atoms with Crippen LogP contribution in [0.4, 0.5) is 4.39 Å². The summed E-state index contributed by atoms with van der Waals surface area (Å²) in [5, 5.41) is 11.5. The van der Waals surface area contributed by atoms with Crippen LogP contribution in [0, 0.1) is 5.82 Å². The molecular weight excluding hydrogens is 343 g/mol. The third kappa shape index (κ3) is 4.21. The van der Waals surface area contributed by atoms with Gasteiger partial charge in [-0.1, -0.05) is 23.3 Å². The maximum Gasteiger partial charge on any atom is 0.244 e. The Balaban J connectivity index is 1.60. The second-order valence-corrected chi connectivity index (χ2v) is 6.76. The minimum atomic E-state index is -1.43. The highest BCUT2D eigenvalue weighted by Gasteiger charge is 2.16. The predicted molar refractivity (Wildman–Crippen MR) is 90.4 cm³/mol. The van der Waals surface area contributed by atoms with Crippen LogP contribution in [0.25, 0.3) is 5.69 Å². The zero-order valence-corrected chi connectivity index (χ0v) is 14.0. The van der Waals surface area contributed by atoms with Crippen LogP contribution in [0.5, 0.6) is 0 Å². The first-order chi connectivity index (χ1) is 12.1. The monoisotopic (exact) mass is 358 g/mol. The number of hydrogen-bond donors (Lipinski definition) is 0.